The summed E-state index contributed by atoms with van der Waals surface area (Å²) in [6.07, 6.45) is -15.0. The molecule has 0 bridgehead atoms. The van der Waals surface area contributed by atoms with Gasteiger partial charge in [-0.15, -0.1) is 0 Å². The molecule has 0 fully saturated rings. The van der Waals surface area contributed by atoms with E-state index in [0.717, 1.165) is 12.1 Å². The van der Waals surface area contributed by atoms with Crippen LogP contribution < -0.4 is 0 Å². The first-order valence-corrected chi connectivity index (χ1v) is 16.6. The SMILES string of the molecule is FC(F)(F)c1cc(-c2cc(-n3c4ccccc4c4ccc(C(F)(F)F)cc43)ccc2-c2nc(-c3ccccc3)nc(-c3ccccc3)n2)cc(C(F)(F)F)c1. The fraction of sp³-hybridized carbons (Fsp3) is 0.0714. The number of rotatable bonds is 5. The van der Waals surface area contributed by atoms with E-state index < -0.39 is 40.8 Å². The first-order valence-electron chi connectivity index (χ1n) is 16.6. The van der Waals surface area contributed by atoms with Crippen molar-refractivity contribution < 1.29 is 39.5 Å². The maximum Gasteiger partial charge on any atom is 0.416 e. The van der Waals surface area contributed by atoms with Crippen molar-refractivity contribution in [2.45, 2.75) is 18.5 Å². The number of alkyl halides is 9. The zero-order valence-electron chi connectivity index (χ0n) is 28.0. The van der Waals surface area contributed by atoms with Gasteiger partial charge in [0.05, 0.1) is 27.7 Å². The van der Waals surface area contributed by atoms with Gasteiger partial charge in [0.15, 0.2) is 17.5 Å². The predicted octanol–water partition coefficient (Wildman–Crippen LogP) is 12.7. The Morgan fingerprint density at radius 1 is 0.364 bits per heavy atom. The molecule has 6 aromatic carbocycles. The Labute approximate surface area is 306 Å². The lowest BCUT2D eigenvalue weighted by Gasteiger charge is -2.18. The molecular formula is C42H23F9N4. The molecule has 0 aliphatic carbocycles. The van der Waals surface area contributed by atoms with Crippen LogP contribution in [0.5, 0.6) is 0 Å². The second-order valence-corrected chi connectivity index (χ2v) is 12.6. The lowest BCUT2D eigenvalue weighted by molar-refractivity contribution is -0.143. The van der Waals surface area contributed by atoms with Gasteiger partial charge in [0.2, 0.25) is 0 Å². The smallest absolute Gasteiger partial charge is 0.309 e. The third kappa shape index (κ3) is 6.77. The highest BCUT2D eigenvalue weighted by Gasteiger charge is 2.37. The summed E-state index contributed by atoms with van der Waals surface area (Å²) in [5, 5.41) is 1.03. The number of para-hydroxylation sites is 1. The van der Waals surface area contributed by atoms with Crippen LogP contribution in [0.2, 0.25) is 0 Å². The van der Waals surface area contributed by atoms with Crippen LogP contribution in [0.1, 0.15) is 16.7 Å². The van der Waals surface area contributed by atoms with Gasteiger partial charge in [-0.3, -0.25) is 0 Å². The van der Waals surface area contributed by atoms with E-state index in [1.807, 2.05) is 0 Å². The molecule has 13 heteroatoms. The van der Waals surface area contributed by atoms with Gasteiger partial charge in [-0.25, -0.2) is 15.0 Å². The largest absolute Gasteiger partial charge is 0.416 e. The maximum atomic E-state index is 14.2. The third-order valence-corrected chi connectivity index (χ3v) is 9.10. The van der Waals surface area contributed by atoms with Crippen LogP contribution in [0.15, 0.2) is 140 Å². The molecule has 0 unspecified atom stereocenters. The summed E-state index contributed by atoms with van der Waals surface area (Å²) >= 11 is 0. The maximum absolute atomic E-state index is 14.2. The normalized spacial score (nSPS) is 12.5. The van der Waals surface area contributed by atoms with Gasteiger partial charge in [-0.2, -0.15) is 39.5 Å². The molecule has 0 spiro atoms. The van der Waals surface area contributed by atoms with Crippen molar-refractivity contribution in [3.8, 4) is 51.0 Å². The molecule has 0 saturated heterocycles. The standard InChI is InChI=1S/C42H23F9N4/c43-40(44,45)27-15-17-32-31-13-7-8-14-35(31)55(36(32)22-27)30-16-18-33(34(23-30)26-19-28(41(46,47)48)21-29(20-26)42(49,50)51)39-53-37(24-9-3-1-4-10-24)52-38(54-39)25-11-5-2-6-12-25/h1-23H. The van der Waals surface area contributed by atoms with E-state index in [2.05, 4.69) is 15.0 Å². The average Bonchev–Trinajstić information content (AvgIpc) is 3.51. The summed E-state index contributed by atoms with van der Waals surface area (Å²) in [5.41, 5.74) is -2.76. The fourth-order valence-corrected chi connectivity index (χ4v) is 6.57. The second kappa shape index (κ2) is 13.1. The van der Waals surface area contributed by atoms with E-state index in [-0.39, 0.29) is 45.9 Å². The fourth-order valence-electron chi connectivity index (χ4n) is 6.57. The number of hydrogen-bond donors (Lipinski definition) is 0. The Bertz CT molecular complexity index is 2630. The summed E-state index contributed by atoms with van der Waals surface area (Å²) in [5.74, 6) is 0.296. The van der Waals surface area contributed by atoms with E-state index in [4.69, 9.17) is 0 Å². The molecule has 0 amide bonds. The minimum Gasteiger partial charge on any atom is -0.309 e. The molecule has 55 heavy (non-hydrogen) atoms. The topological polar surface area (TPSA) is 43.6 Å². The first-order chi connectivity index (χ1) is 26.1. The molecule has 4 nitrogen and oxygen atoms in total. The van der Waals surface area contributed by atoms with Gasteiger partial charge in [0, 0.05) is 33.2 Å². The monoisotopic (exact) mass is 754 g/mol. The van der Waals surface area contributed by atoms with Crippen molar-refractivity contribution in [2.75, 3.05) is 0 Å². The number of benzene rings is 6. The van der Waals surface area contributed by atoms with E-state index >= 15 is 0 Å². The van der Waals surface area contributed by atoms with E-state index in [1.54, 1.807) is 84.9 Å². The zero-order valence-corrected chi connectivity index (χ0v) is 28.0. The highest BCUT2D eigenvalue weighted by Crippen LogP contribution is 2.43. The molecule has 274 valence electrons. The summed E-state index contributed by atoms with van der Waals surface area (Å²) in [6, 6.07) is 33.0. The molecule has 2 aromatic heterocycles. The van der Waals surface area contributed by atoms with Gasteiger partial charge in [-0.1, -0.05) is 84.9 Å². The minimum absolute atomic E-state index is 0.0304. The summed E-state index contributed by atoms with van der Waals surface area (Å²) in [6.45, 7) is 0. The van der Waals surface area contributed by atoms with E-state index in [9.17, 15) is 39.5 Å². The molecule has 2 heterocycles. The van der Waals surface area contributed by atoms with E-state index in [0.29, 0.717) is 39.5 Å². The van der Waals surface area contributed by atoms with Crippen molar-refractivity contribution in [3.63, 3.8) is 0 Å². The van der Waals surface area contributed by atoms with Gasteiger partial charge >= 0.3 is 18.5 Å². The lowest BCUT2D eigenvalue weighted by Crippen LogP contribution is -2.11. The number of fused-ring (bicyclic) bond motifs is 3. The third-order valence-electron chi connectivity index (χ3n) is 9.10. The number of hydrogen-bond acceptors (Lipinski definition) is 3. The van der Waals surface area contributed by atoms with Crippen LogP contribution in [0.4, 0.5) is 39.5 Å². The molecule has 0 atom stereocenters. The Hall–Kier alpha value is -6.50. The second-order valence-electron chi connectivity index (χ2n) is 12.6. The molecule has 0 aliphatic rings. The highest BCUT2D eigenvalue weighted by atomic mass is 19.4. The van der Waals surface area contributed by atoms with Gasteiger partial charge in [-0.05, 0) is 65.7 Å². The van der Waals surface area contributed by atoms with Gasteiger partial charge in [0.25, 0.3) is 0 Å². The van der Waals surface area contributed by atoms with Crippen LogP contribution in [-0.2, 0) is 18.5 Å². The van der Waals surface area contributed by atoms with Crippen molar-refractivity contribution in [3.05, 3.63) is 156 Å². The molecular weight excluding hydrogens is 731 g/mol. The number of nitrogens with zero attached hydrogens (tertiary/aromatic N) is 4. The van der Waals surface area contributed by atoms with E-state index in [1.165, 1.54) is 28.8 Å². The van der Waals surface area contributed by atoms with Crippen molar-refractivity contribution in [1.29, 1.82) is 0 Å². The molecule has 0 radical (unpaired) electrons. The van der Waals surface area contributed by atoms with Crippen LogP contribution >= 0.6 is 0 Å². The van der Waals surface area contributed by atoms with Crippen molar-refractivity contribution in [2.24, 2.45) is 0 Å². The molecule has 8 aromatic rings. The number of halogens is 9. The Morgan fingerprint density at radius 2 is 0.873 bits per heavy atom. The predicted molar refractivity (Wildman–Crippen MR) is 191 cm³/mol. The zero-order chi connectivity index (χ0) is 38.7. The van der Waals surface area contributed by atoms with Crippen LogP contribution in [0.25, 0.3) is 72.8 Å². The molecule has 0 aliphatic heterocycles. The molecule has 8 rings (SSSR count). The Balaban J connectivity index is 1.46. The lowest BCUT2D eigenvalue weighted by atomic mass is 9.94. The van der Waals surface area contributed by atoms with Gasteiger partial charge in [0.1, 0.15) is 0 Å². The highest BCUT2D eigenvalue weighted by molar-refractivity contribution is 6.09. The summed E-state index contributed by atoms with van der Waals surface area (Å²) in [4.78, 5) is 14.0. The minimum atomic E-state index is -5.16. The average molecular weight is 755 g/mol. The Morgan fingerprint density at radius 3 is 1.44 bits per heavy atom. The first kappa shape index (κ1) is 35.5. The van der Waals surface area contributed by atoms with Crippen LogP contribution in [0, 0.1) is 0 Å². The van der Waals surface area contributed by atoms with Crippen LogP contribution in [-0.4, -0.2) is 19.5 Å². The van der Waals surface area contributed by atoms with Crippen molar-refractivity contribution >= 4 is 21.8 Å². The Kier molecular flexibility index (Phi) is 8.47. The summed E-state index contributed by atoms with van der Waals surface area (Å²) in [7, 11) is 0. The molecule has 0 saturated carbocycles. The van der Waals surface area contributed by atoms with Crippen LogP contribution in [0.3, 0.4) is 0 Å². The quantitative estimate of drug-likeness (QED) is 0.164. The van der Waals surface area contributed by atoms with Gasteiger partial charge < -0.3 is 4.57 Å². The van der Waals surface area contributed by atoms with Crippen molar-refractivity contribution in [1.82, 2.24) is 19.5 Å². The summed E-state index contributed by atoms with van der Waals surface area (Å²) < 4.78 is 129. The molecule has 0 N–H and O–H groups in total. The number of aromatic nitrogens is 4.